The fourth-order valence-electron chi connectivity index (χ4n) is 3.46. The zero-order valence-electron chi connectivity index (χ0n) is 21.3. The van der Waals surface area contributed by atoms with Gasteiger partial charge in [-0.25, -0.2) is 4.79 Å². The van der Waals surface area contributed by atoms with Crippen LogP contribution in [0.2, 0.25) is 0 Å². The molecule has 0 amide bonds. The van der Waals surface area contributed by atoms with E-state index in [4.69, 9.17) is 14.2 Å². The first-order valence-corrected chi connectivity index (χ1v) is 12.9. The van der Waals surface area contributed by atoms with E-state index in [-0.39, 0.29) is 5.97 Å². The highest BCUT2D eigenvalue weighted by molar-refractivity contribution is 5.91. The van der Waals surface area contributed by atoms with E-state index in [1.54, 1.807) is 24.3 Å². The smallest absolute Gasteiger partial charge is 0.343 e. The first-order valence-electron chi connectivity index (χ1n) is 12.9. The van der Waals surface area contributed by atoms with Gasteiger partial charge < -0.3 is 14.2 Å². The number of esters is 1. The molecule has 0 aromatic heterocycles. The number of allylic oxidation sites excluding steroid dienone is 2. The Morgan fingerprint density at radius 1 is 0.765 bits per heavy atom. The van der Waals surface area contributed by atoms with Crippen molar-refractivity contribution in [3.05, 3.63) is 66.2 Å². The second-order valence-electron chi connectivity index (χ2n) is 8.82. The number of carbonyl (C=O) groups is 1. The molecular formula is C30H42O4. The third kappa shape index (κ3) is 11.4. The summed E-state index contributed by atoms with van der Waals surface area (Å²) < 4.78 is 17.1. The lowest BCUT2D eigenvalue weighted by atomic mass is 10.0. The minimum Gasteiger partial charge on any atom is -0.494 e. The summed E-state index contributed by atoms with van der Waals surface area (Å²) in [6.45, 7) is 8.09. The first kappa shape index (κ1) is 27.5. The average Bonchev–Trinajstić information content (AvgIpc) is 2.86. The lowest BCUT2D eigenvalue weighted by molar-refractivity contribution is 0.0734. The Morgan fingerprint density at radius 2 is 1.35 bits per heavy atom. The van der Waals surface area contributed by atoms with Gasteiger partial charge in [0.05, 0.1) is 18.8 Å². The van der Waals surface area contributed by atoms with Gasteiger partial charge in [0.25, 0.3) is 0 Å². The highest BCUT2D eigenvalue weighted by Crippen LogP contribution is 2.20. The van der Waals surface area contributed by atoms with Crippen molar-refractivity contribution in [2.45, 2.75) is 78.6 Å². The topological polar surface area (TPSA) is 44.8 Å². The molecule has 2 rings (SSSR count). The fraction of sp³-hybridized carbons (Fsp3) is 0.500. The van der Waals surface area contributed by atoms with Crippen LogP contribution in [0.4, 0.5) is 0 Å². The third-order valence-electron chi connectivity index (χ3n) is 5.87. The molecule has 2 aromatic carbocycles. The van der Waals surface area contributed by atoms with Crippen molar-refractivity contribution in [2.24, 2.45) is 5.92 Å². The van der Waals surface area contributed by atoms with Crippen molar-refractivity contribution >= 4 is 5.97 Å². The van der Waals surface area contributed by atoms with Crippen molar-refractivity contribution in [1.82, 2.24) is 0 Å². The van der Waals surface area contributed by atoms with E-state index in [2.05, 4.69) is 32.9 Å². The number of carbonyl (C=O) groups excluding carboxylic acids is 1. The van der Waals surface area contributed by atoms with Crippen LogP contribution in [-0.2, 0) is 0 Å². The number of unbranched alkanes of at least 4 members (excludes halogenated alkanes) is 4. The van der Waals surface area contributed by atoms with Crippen molar-refractivity contribution in [3.8, 4) is 17.2 Å². The minimum absolute atomic E-state index is 0.385. The molecule has 1 atom stereocenters. The van der Waals surface area contributed by atoms with Gasteiger partial charge in [-0.15, -0.1) is 0 Å². The lowest BCUT2D eigenvalue weighted by Crippen LogP contribution is -2.08. The second kappa shape index (κ2) is 16.8. The van der Waals surface area contributed by atoms with Crippen molar-refractivity contribution in [3.63, 3.8) is 0 Å². The van der Waals surface area contributed by atoms with Crippen LogP contribution < -0.4 is 14.2 Å². The molecule has 0 aliphatic heterocycles. The molecule has 0 heterocycles. The molecule has 4 nitrogen and oxygen atoms in total. The van der Waals surface area contributed by atoms with Crippen LogP contribution >= 0.6 is 0 Å². The van der Waals surface area contributed by atoms with E-state index in [1.807, 2.05) is 24.3 Å². The molecule has 0 radical (unpaired) electrons. The third-order valence-corrected chi connectivity index (χ3v) is 5.87. The van der Waals surface area contributed by atoms with Gasteiger partial charge in [-0.2, -0.15) is 0 Å². The van der Waals surface area contributed by atoms with Gasteiger partial charge in [0, 0.05) is 0 Å². The Kier molecular flexibility index (Phi) is 13.6. The molecule has 0 aliphatic rings. The molecule has 0 saturated carbocycles. The quantitative estimate of drug-likeness (QED) is 0.102. The maximum absolute atomic E-state index is 12.4. The summed E-state index contributed by atoms with van der Waals surface area (Å²) in [6, 6.07) is 14.3. The Morgan fingerprint density at radius 3 is 1.97 bits per heavy atom. The molecule has 0 fully saturated rings. The second-order valence-corrected chi connectivity index (χ2v) is 8.82. The molecule has 2 aromatic rings. The van der Waals surface area contributed by atoms with E-state index >= 15 is 0 Å². The highest BCUT2D eigenvalue weighted by Gasteiger charge is 2.09. The lowest BCUT2D eigenvalue weighted by Gasteiger charge is -2.10. The van der Waals surface area contributed by atoms with Crippen molar-refractivity contribution in [2.75, 3.05) is 13.2 Å². The summed E-state index contributed by atoms with van der Waals surface area (Å²) in [5.41, 5.74) is 0.495. The summed E-state index contributed by atoms with van der Waals surface area (Å²) in [5, 5.41) is 0. The van der Waals surface area contributed by atoms with E-state index in [1.165, 1.54) is 25.7 Å². The fourth-order valence-corrected chi connectivity index (χ4v) is 3.46. The van der Waals surface area contributed by atoms with Crippen LogP contribution in [0, 0.1) is 5.92 Å². The monoisotopic (exact) mass is 466 g/mol. The number of ether oxygens (including phenoxy) is 3. The van der Waals surface area contributed by atoms with Gasteiger partial charge in [0.1, 0.15) is 17.2 Å². The molecule has 0 N–H and O–H groups in total. The van der Waals surface area contributed by atoms with Crippen LogP contribution in [0.3, 0.4) is 0 Å². The summed E-state index contributed by atoms with van der Waals surface area (Å²) >= 11 is 0. The molecule has 0 unspecified atom stereocenters. The maximum atomic E-state index is 12.4. The normalized spacial score (nSPS) is 12.0. The van der Waals surface area contributed by atoms with Crippen molar-refractivity contribution < 1.29 is 19.0 Å². The van der Waals surface area contributed by atoms with E-state index in [0.29, 0.717) is 24.5 Å². The predicted octanol–water partition coefficient (Wildman–Crippen LogP) is 8.41. The molecular weight excluding hydrogens is 424 g/mol. The Balaban J connectivity index is 1.66. The number of hydrogen-bond donors (Lipinski definition) is 0. The Hall–Kier alpha value is -2.75. The van der Waals surface area contributed by atoms with Gasteiger partial charge in [-0.05, 0) is 86.6 Å². The number of hydrogen-bond acceptors (Lipinski definition) is 4. The van der Waals surface area contributed by atoms with Crippen LogP contribution in [0.25, 0.3) is 0 Å². The van der Waals surface area contributed by atoms with Gasteiger partial charge in [-0.1, -0.05) is 58.6 Å². The molecule has 4 heteroatoms. The van der Waals surface area contributed by atoms with Crippen LogP contribution in [0.15, 0.2) is 60.7 Å². The van der Waals surface area contributed by atoms with Crippen LogP contribution in [0.5, 0.6) is 17.2 Å². The Labute approximate surface area is 206 Å². The summed E-state index contributed by atoms with van der Waals surface area (Å²) in [7, 11) is 0. The summed E-state index contributed by atoms with van der Waals surface area (Å²) in [4.78, 5) is 12.4. The van der Waals surface area contributed by atoms with Gasteiger partial charge in [-0.3, -0.25) is 0 Å². The van der Waals surface area contributed by atoms with Crippen LogP contribution in [-0.4, -0.2) is 19.2 Å². The summed E-state index contributed by atoms with van der Waals surface area (Å²) in [5.74, 6) is 2.50. The molecule has 0 spiro atoms. The zero-order valence-corrected chi connectivity index (χ0v) is 21.3. The first-order chi connectivity index (χ1) is 16.6. The number of rotatable bonds is 17. The zero-order chi connectivity index (χ0) is 24.4. The average molecular weight is 467 g/mol. The van der Waals surface area contributed by atoms with E-state index < -0.39 is 0 Å². The standard InChI is InChI=1S/C30H42O4/c1-4-6-7-8-9-12-23-32-27-17-15-26(16-18-27)30(31)34-29-21-19-28(20-22-29)33-24-13-10-11-14-25(3)5-2/h6-7,15-22,25H,4-5,8-14,23-24H2,1-3H3/b7-6-/t25-/m0/s1. The van der Waals surface area contributed by atoms with E-state index in [9.17, 15) is 4.79 Å². The SMILES string of the molecule is CC/C=C\CCCCOc1ccc(C(=O)Oc2ccc(OCCCCC[C@@H](C)CC)cc2)cc1. The van der Waals surface area contributed by atoms with Gasteiger partial charge >= 0.3 is 5.97 Å². The summed E-state index contributed by atoms with van der Waals surface area (Å²) in [6.07, 6.45) is 14.8. The Bertz CT molecular complexity index is 824. The van der Waals surface area contributed by atoms with E-state index in [0.717, 1.165) is 49.5 Å². The largest absolute Gasteiger partial charge is 0.494 e. The predicted molar refractivity (Wildman–Crippen MR) is 140 cm³/mol. The molecule has 0 aliphatic carbocycles. The van der Waals surface area contributed by atoms with Crippen LogP contribution in [0.1, 0.15) is 88.9 Å². The van der Waals surface area contributed by atoms with Gasteiger partial charge in [0.15, 0.2) is 0 Å². The molecule has 34 heavy (non-hydrogen) atoms. The van der Waals surface area contributed by atoms with Crippen molar-refractivity contribution in [1.29, 1.82) is 0 Å². The minimum atomic E-state index is -0.385. The van der Waals surface area contributed by atoms with Gasteiger partial charge in [0.2, 0.25) is 0 Å². The molecule has 186 valence electrons. The molecule has 0 bridgehead atoms. The maximum Gasteiger partial charge on any atom is 0.343 e. The molecule has 0 saturated heterocycles. The number of benzene rings is 2. The highest BCUT2D eigenvalue weighted by atomic mass is 16.5.